The fraction of sp³-hybridized carbons (Fsp3) is 0.583. The molecule has 0 aliphatic heterocycles. The van der Waals surface area contributed by atoms with Gasteiger partial charge < -0.3 is 5.32 Å². The van der Waals surface area contributed by atoms with E-state index in [0.717, 1.165) is 36.1 Å². The highest BCUT2D eigenvalue weighted by Gasteiger charge is 2.38. The van der Waals surface area contributed by atoms with E-state index in [4.69, 9.17) is 4.98 Å². The van der Waals surface area contributed by atoms with Crippen LogP contribution in [0.4, 0.5) is 0 Å². The Labute approximate surface area is 188 Å². The summed E-state index contributed by atoms with van der Waals surface area (Å²) >= 11 is 0. The van der Waals surface area contributed by atoms with E-state index >= 15 is 0 Å². The lowest BCUT2D eigenvalue weighted by molar-refractivity contribution is 0.0831. The molecule has 0 radical (unpaired) electrons. The van der Waals surface area contributed by atoms with Crippen molar-refractivity contribution in [2.45, 2.75) is 72.4 Å². The number of amides is 1. The molecule has 4 rings (SSSR count). The summed E-state index contributed by atoms with van der Waals surface area (Å²) in [5.74, 6) is 0.0897. The molecule has 3 heterocycles. The van der Waals surface area contributed by atoms with Gasteiger partial charge in [0.15, 0.2) is 5.65 Å². The van der Waals surface area contributed by atoms with E-state index in [1.807, 2.05) is 10.6 Å². The van der Waals surface area contributed by atoms with Gasteiger partial charge in [-0.25, -0.2) is 9.78 Å². The molecule has 0 spiro atoms. The van der Waals surface area contributed by atoms with Crippen molar-refractivity contribution in [3.8, 4) is 0 Å². The number of fused-ring (bicyclic) bond motifs is 1. The average molecular weight is 439 g/mol. The molecular formula is C24H34N6O2. The molecule has 0 bridgehead atoms. The van der Waals surface area contributed by atoms with Gasteiger partial charge in [0.2, 0.25) is 0 Å². The number of pyridine rings is 1. The van der Waals surface area contributed by atoms with Crippen molar-refractivity contribution >= 4 is 17.1 Å². The van der Waals surface area contributed by atoms with Crippen LogP contribution in [-0.4, -0.2) is 36.3 Å². The molecule has 2 atom stereocenters. The Kier molecular flexibility index (Phi) is 5.51. The highest BCUT2D eigenvalue weighted by Crippen LogP contribution is 2.42. The van der Waals surface area contributed by atoms with Crippen LogP contribution >= 0.6 is 0 Å². The zero-order chi connectivity index (χ0) is 23.3. The zero-order valence-corrected chi connectivity index (χ0v) is 19.9. The first-order valence-corrected chi connectivity index (χ1v) is 11.3. The maximum Gasteiger partial charge on any atom is 0.330 e. The maximum atomic E-state index is 12.9. The Morgan fingerprint density at radius 1 is 1.28 bits per heavy atom. The number of hydrogen-bond acceptors (Lipinski definition) is 4. The maximum absolute atomic E-state index is 12.9. The third-order valence-electron chi connectivity index (χ3n) is 6.70. The van der Waals surface area contributed by atoms with Crippen molar-refractivity contribution in [1.29, 1.82) is 0 Å². The Bertz CT molecular complexity index is 1180. The van der Waals surface area contributed by atoms with Crippen molar-refractivity contribution in [1.82, 2.24) is 29.6 Å². The largest absolute Gasteiger partial charge is 0.347 e. The van der Waals surface area contributed by atoms with Crippen molar-refractivity contribution in [2.24, 2.45) is 17.9 Å². The number of nitrogens with one attached hydrogen (secondary N) is 2. The molecule has 32 heavy (non-hydrogen) atoms. The number of carbonyl (C=O) groups excluding carboxylic acids is 1. The van der Waals surface area contributed by atoms with Crippen LogP contribution in [0.25, 0.3) is 11.2 Å². The van der Waals surface area contributed by atoms with Gasteiger partial charge in [-0.3, -0.25) is 19.0 Å². The van der Waals surface area contributed by atoms with E-state index in [9.17, 15) is 9.59 Å². The first-order valence-electron chi connectivity index (χ1n) is 11.3. The SMILES string of the molecule is Cn1c(=O)n(CC(C)(C)C)c2ccc(C3CCC(C)(C)C(NC(=O)c4ccn[nH]4)C3)nc21. The molecule has 1 fully saturated rings. The smallest absolute Gasteiger partial charge is 0.330 e. The zero-order valence-electron chi connectivity index (χ0n) is 19.9. The second-order valence-electron chi connectivity index (χ2n) is 11.0. The van der Waals surface area contributed by atoms with Gasteiger partial charge in [-0.2, -0.15) is 5.10 Å². The summed E-state index contributed by atoms with van der Waals surface area (Å²) in [6.45, 7) is 11.4. The Hall–Kier alpha value is -2.90. The second-order valence-corrected chi connectivity index (χ2v) is 11.0. The van der Waals surface area contributed by atoms with Crippen LogP contribution in [0.1, 0.15) is 76.0 Å². The third-order valence-corrected chi connectivity index (χ3v) is 6.70. The molecule has 2 N–H and O–H groups in total. The number of hydrogen-bond donors (Lipinski definition) is 2. The highest BCUT2D eigenvalue weighted by atomic mass is 16.2. The molecule has 1 aliphatic rings. The topological polar surface area (TPSA) is 97.6 Å². The molecular weight excluding hydrogens is 404 g/mol. The van der Waals surface area contributed by atoms with Crippen LogP contribution in [0.2, 0.25) is 0 Å². The molecule has 0 aromatic carbocycles. The number of nitrogens with zero attached hydrogens (tertiary/aromatic N) is 4. The van der Waals surface area contributed by atoms with Crippen molar-refractivity contribution in [3.63, 3.8) is 0 Å². The molecule has 8 heteroatoms. The third kappa shape index (κ3) is 4.23. The Morgan fingerprint density at radius 2 is 2.03 bits per heavy atom. The van der Waals surface area contributed by atoms with Gasteiger partial charge in [0, 0.05) is 37.4 Å². The first-order chi connectivity index (χ1) is 15.0. The number of imidazole rings is 1. The Morgan fingerprint density at radius 3 is 2.69 bits per heavy atom. The first kappa shape index (κ1) is 22.3. The monoisotopic (exact) mass is 438 g/mol. The number of rotatable bonds is 4. The molecule has 172 valence electrons. The number of H-pyrrole nitrogens is 1. The van der Waals surface area contributed by atoms with E-state index in [2.05, 4.69) is 56.2 Å². The molecule has 2 unspecified atom stereocenters. The van der Waals surface area contributed by atoms with Gasteiger partial charge in [-0.15, -0.1) is 0 Å². The quantitative estimate of drug-likeness (QED) is 0.650. The fourth-order valence-electron chi connectivity index (χ4n) is 4.73. The van der Waals surface area contributed by atoms with Crippen molar-refractivity contribution < 1.29 is 4.79 Å². The van der Waals surface area contributed by atoms with E-state index in [1.54, 1.807) is 23.9 Å². The average Bonchev–Trinajstić information content (AvgIpc) is 3.33. The van der Waals surface area contributed by atoms with Crippen LogP contribution < -0.4 is 11.0 Å². The molecule has 1 saturated carbocycles. The summed E-state index contributed by atoms with van der Waals surface area (Å²) in [7, 11) is 1.79. The summed E-state index contributed by atoms with van der Waals surface area (Å²) < 4.78 is 3.47. The lowest BCUT2D eigenvalue weighted by Gasteiger charge is -2.42. The van der Waals surface area contributed by atoms with Gasteiger partial charge >= 0.3 is 5.69 Å². The summed E-state index contributed by atoms with van der Waals surface area (Å²) in [5.41, 5.74) is 2.99. The Balaban J connectivity index is 1.61. The van der Waals surface area contributed by atoms with Crippen LogP contribution in [0.5, 0.6) is 0 Å². The molecule has 3 aromatic heterocycles. The summed E-state index contributed by atoms with van der Waals surface area (Å²) in [4.78, 5) is 30.4. The normalized spacial score (nSPS) is 21.1. The molecule has 0 saturated heterocycles. The number of aromatic amines is 1. The lowest BCUT2D eigenvalue weighted by Crippen LogP contribution is -2.48. The lowest BCUT2D eigenvalue weighted by atomic mass is 9.68. The predicted octanol–water partition coefficient (Wildman–Crippen LogP) is 3.60. The minimum absolute atomic E-state index is 0.00812. The highest BCUT2D eigenvalue weighted by molar-refractivity contribution is 5.92. The number of aryl methyl sites for hydroxylation is 1. The predicted molar refractivity (Wildman–Crippen MR) is 125 cm³/mol. The van der Waals surface area contributed by atoms with Crippen LogP contribution in [0, 0.1) is 10.8 Å². The van der Waals surface area contributed by atoms with E-state index in [0.29, 0.717) is 12.2 Å². The summed E-state index contributed by atoms with van der Waals surface area (Å²) in [6.07, 6.45) is 4.37. The van der Waals surface area contributed by atoms with Crippen molar-refractivity contribution in [3.05, 3.63) is 46.3 Å². The summed E-state index contributed by atoms with van der Waals surface area (Å²) in [5, 5.41) is 9.82. The van der Waals surface area contributed by atoms with Crippen LogP contribution in [0.3, 0.4) is 0 Å². The van der Waals surface area contributed by atoms with Gasteiger partial charge in [-0.1, -0.05) is 34.6 Å². The second kappa shape index (κ2) is 7.90. The molecule has 3 aromatic rings. The van der Waals surface area contributed by atoms with Crippen LogP contribution in [0.15, 0.2) is 29.2 Å². The molecule has 1 amide bonds. The molecule has 1 aliphatic carbocycles. The fourth-order valence-corrected chi connectivity index (χ4v) is 4.73. The minimum atomic E-state index is -0.133. The van der Waals surface area contributed by atoms with Gasteiger partial charge in [0.25, 0.3) is 5.91 Å². The van der Waals surface area contributed by atoms with E-state index in [-0.39, 0.29) is 34.4 Å². The molecule has 8 nitrogen and oxygen atoms in total. The van der Waals surface area contributed by atoms with Gasteiger partial charge in [0.05, 0.1) is 5.52 Å². The minimum Gasteiger partial charge on any atom is -0.347 e. The van der Waals surface area contributed by atoms with Crippen LogP contribution in [-0.2, 0) is 13.6 Å². The summed E-state index contributed by atoms with van der Waals surface area (Å²) in [6, 6.07) is 5.78. The van der Waals surface area contributed by atoms with E-state index < -0.39 is 0 Å². The van der Waals surface area contributed by atoms with Gasteiger partial charge in [0.1, 0.15) is 5.69 Å². The van der Waals surface area contributed by atoms with Gasteiger partial charge in [-0.05, 0) is 48.3 Å². The standard InChI is InChI=1S/C24H34N6O2/c1-23(2,3)14-30-18-8-7-16(26-20(18)29(6)22(30)32)15-9-11-24(4,5)19(13-15)27-21(31)17-10-12-25-28-17/h7-8,10,12,15,19H,9,11,13-14H2,1-6H3,(H,25,28)(H,27,31). The van der Waals surface area contributed by atoms with Crippen molar-refractivity contribution in [2.75, 3.05) is 0 Å². The number of carbonyl (C=O) groups is 1. The van der Waals surface area contributed by atoms with E-state index in [1.165, 1.54) is 0 Å². The number of aromatic nitrogens is 5.